The molecule has 0 atom stereocenters. The third-order valence-corrected chi connectivity index (χ3v) is 4.34. The van der Waals surface area contributed by atoms with Crippen LogP contribution in [0.2, 0.25) is 10.0 Å². The lowest BCUT2D eigenvalue weighted by Crippen LogP contribution is -2.07. The Morgan fingerprint density at radius 2 is 1.89 bits per heavy atom. The highest BCUT2D eigenvalue weighted by Crippen LogP contribution is 2.23. The van der Waals surface area contributed by atoms with Crippen molar-refractivity contribution in [1.29, 1.82) is 0 Å². The van der Waals surface area contributed by atoms with E-state index in [9.17, 15) is 4.39 Å². The van der Waals surface area contributed by atoms with E-state index in [4.69, 9.17) is 23.2 Å². The molecule has 4 aromatic rings. The van der Waals surface area contributed by atoms with Crippen molar-refractivity contribution in [3.05, 3.63) is 76.3 Å². The minimum atomic E-state index is -0.392. The molecule has 0 aliphatic heterocycles. The van der Waals surface area contributed by atoms with Crippen LogP contribution in [0.3, 0.4) is 0 Å². The predicted octanol–water partition coefficient (Wildman–Crippen LogP) is 4.93. The topological polar surface area (TPSA) is 67.1 Å². The Morgan fingerprint density at radius 1 is 1.00 bits per heavy atom. The minimum Gasteiger partial charge on any atom is -0.376 e. The number of fused-ring (bicyclic) bond motifs is 1. The van der Waals surface area contributed by atoms with Gasteiger partial charge in [0.2, 0.25) is 0 Å². The van der Waals surface area contributed by atoms with E-state index < -0.39 is 5.82 Å². The molecule has 136 valence electrons. The van der Waals surface area contributed by atoms with Gasteiger partial charge in [-0.3, -0.25) is 0 Å². The van der Waals surface area contributed by atoms with E-state index in [0.717, 1.165) is 5.69 Å². The molecule has 6 nitrogen and oxygen atoms in total. The maximum atomic E-state index is 13.2. The van der Waals surface area contributed by atoms with Gasteiger partial charge in [0.15, 0.2) is 17.3 Å². The van der Waals surface area contributed by atoms with Crippen LogP contribution in [-0.4, -0.2) is 19.8 Å². The second kappa shape index (κ2) is 7.38. The van der Waals surface area contributed by atoms with Gasteiger partial charge in [-0.2, -0.15) is 4.52 Å². The molecule has 2 heterocycles. The van der Waals surface area contributed by atoms with Crippen molar-refractivity contribution >= 4 is 46.0 Å². The highest BCUT2D eigenvalue weighted by Gasteiger charge is 2.09. The van der Waals surface area contributed by atoms with Crippen LogP contribution < -0.4 is 10.6 Å². The fraction of sp³-hybridized carbons (Fsp3) is 0.0556. The normalized spacial score (nSPS) is 10.9. The highest BCUT2D eigenvalue weighted by molar-refractivity contribution is 6.33. The molecule has 0 aliphatic carbocycles. The van der Waals surface area contributed by atoms with Crippen LogP contribution >= 0.6 is 23.2 Å². The molecule has 2 N–H and O–H groups in total. The maximum Gasteiger partial charge on any atom is 0.178 e. The van der Waals surface area contributed by atoms with Gasteiger partial charge >= 0.3 is 0 Å². The zero-order valence-corrected chi connectivity index (χ0v) is 15.3. The summed E-state index contributed by atoms with van der Waals surface area (Å²) in [6, 6.07) is 15.1. The van der Waals surface area contributed by atoms with Gasteiger partial charge in [-0.15, -0.1) is 15.3 Å². The molecule has 0 amide bonds. The molecule has 2 aromatic heterocycles. The third kappa shape index (κ3) is 3.94. The van der Waals surface area contributed by atoms with Crippen LogP contribution in [0.25, 0.3) is 5.65 Å². The van der Waals surface area contributed by atoms with E-state index >= 15 is 0 Å². The van der Waals surface area contributed by atoms with E-state index in [2.05, 4.69) is 25.9 Å². The van der Waals surface area contributed by atoms with Crippen LogP contribution in [0.1, 0.15) is 5.82 Å². The van der Waals surface area contributed by atoms with Gasteiger partial charge < -0.3 is 10.6 Å². The van der Waals surface area contributed by atoms with Gasteiger partial charge in [0.25, 0.3) is 0 Å². The number of hydrogen-bond acceptors (Lipinski definition) is 5. The van der Waals surface area contributed by atoms with Crippen molar-refractivity contribution in [3.63, 3.8) is 0 Å². The Balaban J connectivity index is 1.56. The smallest absolute Gasteiger partial charge is 0.178 e. The summed E-state index contributed by atoms with van der Waals surface area (Å²) in [4.78, 5) is 0. The number of halogens is 3. The minimum absolute atomic E-state index is 0.292. The molecule has 4 rings (SSSR count). The molecule has 0 spiro atoms. The summed E-state index contributed by atoms with van der Waals surface area (Å²) < 4.78 is 14.8. The number of nitrogens with zero attached hydrogens (tertiary/aromatic N) is 4. The number of hydrogen-bond donors (Lipinski definition) is 2. The van der Waals surface area contributed by atoms with Gasteiger partial charge in [0, 0.05) is 10.7 Å². The average Bonchev–Trinajstić information content (AvgIpc) is 3.03. The Kier molecular flexibility index (Phi) is 4.79. The molecule has 0 aliphatic rings. The van der Waals surface area contributed by atoms with Crippen molar-refractivity contribution in [2.24, 2.45) is 0 Å². The van der Waals surface area contributed by atoms with Gasteiger partial charge in [0.05, 0.1) is 17.3 Å². The zero-order valence-electron chi connectivity index (χ0n) is 13.8. The van der Waals surface area contributed by atoms with Gasteiger partial charge in [-0.25, -0.2) is 4.39 Å². The van der Waals surface area contributed by atoms with Crippen molar-refractivity contribution < 1.29 is 4.39 Å². The largest absolute Gasteiger partial charge is 0.376 e. The number of anilines is 3. The molecule has 0 saturated carbocycles. The number of rotatable bonds is 5. The monoisotopic (exact) mass is 402 g/mol. The standard InChI is InChI=1S/C18H13Cl2FN6/c19-11-2-1-3-13(8-11)23-16-6-7-17-24-25-18(27(17)26-16)10-22-15-5-4-12(21)9-14(15)20/h1-9,22H,10H2,(H,23,26). The summed E-state index contributed by atoms with van der Waals surface area (Å²) >= 11 is 12.0. The molecular weight excluding hydrogens is 390 g/mol. The van der Waals surface area contributed by atoms with Crippen LogP contribution in [0, 0.1) is 5.82 Å². The molecule has 27 heavy (non-hydrogen) atoms. The Bertz CT molecular complexity index is 1110. The lowest BCUT2D eigenvalue weighted by Gasteiger charge is -2.08. The maximum absolute atomic E-state index is 13.2. The SMILES string of the molecule is Fc1ccc(NCc2nnc3ccc(Nc4cccc(Cl)c4)nn23)c(Cl)c1. The summed E-state index contributed by atoms with van der Waals surface area (Å²) in [6.45, 7) is 0.320. The highest BCUT2D eigenvalue weighted by atomic mass is 35.5. The molecule has 0 saturated heterocycles. The Morgan fingerprint density at radius 3 is 2.70 bits per heavy atom. The van der Waals surface area contributed by atoms with Gasteiger partial charge in [-0.05, 0) is 48.5 Å². The third-order valence-electron chi connectivity index (χ3n) is 3.79. The first kappa shape index (κ1) is 17.5. The van der Waals surface area contributed by atoms with Gasteiger partial charge in [0.1, 0.15) is 5.82 Å². The molecule has 0 unspecified atom stereocenters. The molecular formula is C18H13Cl2FN6. The average molecular weight is 403 g/mol. The Hall–Kier alpha value is -2.90. The van der Waals surface area contributed by atoms with E-state index in [1.807, 2.05) is 12.1 Å². The molecule has 0 bridgehead atoms. The van der Waals surface area contributed by atoms with Crippen LogP contribution in [0.15, 0.2) is 54.6 Å². The Labute approximate surface area is 163 Å². The van der Waals surface area contributed by atoms with Crippen LogP contribution in [0.5, 0.6) is 0 Å². The van der Waals surface area contributed by atoms with Gasteiger partial charge in [-0.1, -0.05) is 29.3 Å². The first-order valence-corrected chi connectivity index (χ1v) is 8.77. The summed E-state index contributed by atoms with van der Waals surface area (Å²) in [5, 5.41) is 20.0. The van der Waals surface area contributed by atoms with Crippen LogP contribution in [0.4, 0.5) is 21.6 Å². The van der Waals surface area contributed by atoms with Crippen molar-refractivity contribution in [2.45, 2.75) is 6.54 Å². The fourth-order valence-corrected chi connectivity index (χ4v) is 2.96. The van der Waals surface area contributed by atoms with Crippen molar-refractivity contribution in [1.82, 2.24) is 19.8 Å². The molecule has 0 fully saturated rings. The molecule has 9 heteroatoms. The van der Waals surface area contributed by atoms with E-state index in [-0.39, 0.29) is 0 Å². The van der Waals surface area contributed by atoms with E-state index in [1.54, 1.807) is 34.8 Å². The lowest BCUT2D eigenvalue weighted by molar-refractivity contribution is 0.628. The van der Waals surface area contributed by atoms with E-state index in [0.29, 0.717) is 39.6 Å². The molecule has 2 aromatic carbocycles. The summed E-state index contributed by atoms with van der Waals surface area (Å²) in [5.41, 5.74) is 2.02. The quantitative estimate of drug-likeness (QED) is 0.495. The number of benzene rings is 2. The van der Waals surface area contributed by atoms with E-state index in [1.165, 1.54) is 12.1 Å². The number of aromatic nitrogens is 4. The number of nitrogens with one attached hydrogen (secondary N) is 2. The first-order chi connectivity index (χ1) is 13.1. The lowest BCUT2D eigenvalue weighted by atomic mass is 10.3. The second-order valence-electron chi connectivity index (χ2n) is 5.72. The molecule has 0 radical (unpaired) electrons. The fourth-order valence-electron chi connectivity index (χ4n) is 2.53. The summed E-state index contributed by atoms with van der Waals surface area (Å²) in [6.07, 6.45) is 0. The first-order valence-electron chi connectivity index (χ1n) is 8.01. The predicted molar refractivity (Wildman–Crippen MR) is 104 cm³/mol. The summed E-state index contributed by atoms with van der Waals surface area (Å²) in [5.74, 6) is 0.808. The second-order valence-corrected chi connectivity index (χ2v) is 6.56. The van der Waals surface area contributed by atoms with Crippen molar-refractivity contribution in [2.75, 3.05) is 10.6 Å². The van der Waals surface area contributed by atoms with Crippen LogP contribution in [-0.2, 0) is 6.54 Å². The summed E-state index contributed by atoms with van der Waals surface area (Å²) in [7, 11) is 0. The van der Waals surface area contributed by atoms with Crippen molar-refractivity contribution in [3.8, 4) is 0 Å². The zero-order chi connectivity index (χ0) is 18.8.